The molecule has 0 saturated carbocycles. The molecule has 0 spiro atoms. The van der Waals surface area contributed by atoms with Crippen LogP contribution in [0.15, 0.2) is 36.5 Å². The molecule has 4 heterocycles. The van der Waals surface area contributed by atoms with Gasteiger partial charge in [-0.1, -0.05) is 6.07 Å². The standard InChI is InChI=1S/C21H27N3OS/c25-21(20-7-1-2-10-22-20)17-6-5-13-24(14-17)16-19-9-8-18(26-19)15-23-11-3-4-12-23/h1-2,7-10,17H,3-6,11-16H2/t17-/m0/s1. The zero-order chi connectivity index (χ0) is 17.8. The maximum Gasteiger partial charge on any atom is 0.185 e. The Kier molecular flexibility index (Phi) is 5.78. The first-order valence-corrected chi connectivity index (χ1v) is 10.6. The van der Waals surface area contributed by atoms with Crippen LogP contribution in [0.4, 0.5) is 0 Å². The smallest absolute Gasteiger partial charge is 0.185 e. The predicted molar refractivity (Wildman–Crippen MR) is 105 cm³/mol. The quantitative estimate of drug-likeness (QED) is 0.725. The van der Waals surface area contributed by atoms with E-state index in [2.05, 4.69) is 26.9 Å². The van der Waals surface area contributed by atoms with Crippen molar-refractivity contribution < 1.29 is 4.79 Å². The summed E-state index contributed by atoms with van der Waals surface area (Å²) >= 11 is 1.94. The first-order valence-electron chi connectivity index (χ1n) is 9.75. The van der Waals surface area contributed by atoms with Crippen LogP contribution in [0.25, 0.3) is 0 Å². The minimum Gasteiger partial charge on any atom is -0.298 e. The Hall–Kier alpha value is -1.56. The summed E-state index contributed by atoms with van der Waals surface area (Å²) in [6, 6.07) is 10.2. The topological polar surface area (TPSA) is 36.4 Å². The van der Waals surface area contributed by atoms with E-state index in [1.807, 2.05) is 29.5 Å². The van der Waals surface area contributed by atoms with E-state index in [1.165, 1.54) is 35.7 Å². The molecule has 0 N–H and O–H groups in total. The van der Waals surface area contributed by atoms with Crippen LogP contribution in [0.1, 0.15) is 45.9 Å². The fourth-order valence-electron chi connectivity index (χ4n) is 4.10. The van der Waals surface area contributed by atoms with Crippen molar-refractivity contribution in [3.05, 3.63) is 52.0 Å². The molecule has 2 saturated heterocycles. The van der Waals surface area contributed by atoms with Crippen molar-refractivity contribution in [3.8, 4) is 0 Å². The number of Topliss-reactive ketones (excluding diaryl/α,β-unsaturated/α-hetero) is 1. The van der Waals surface area contributed by atoms with E-state index in [-0.39, 0.29) is 11.7 Å². The van der Waals surface area contributed by atoms with Crippen LogP contribution in [0.3, 0.4) is 0 Å². The summed E-state index contributed by atoms with van der Waals surface area (Å²) in [6.45, 7) is 6.51. The lowest BCUT2D eigenvalue weighted by molar-refractivity contribution is 0.0807. The number of thiophene rings is 1. The third kappa shape index (κ3) is 4.40. The van der Waals surface area contributed by atoms with Crippen molar-refractivity contribution in [1.29, 1.82) is 0 Å². The Morgan fingerprint density at radius 3 is 2.46 bits per heavy atom. The first-order chi connectivity index (χ1) is 12.8. The summed E-state index contributed by atoms with van der Waals surface area (Å²) in [5.41, 5.74) is 0.614. The van der Waals surface area contributed by atoms with Crippen LogP contribution in [0.5, 0.6) is 0 Å². The summed E-state index contributed by atoms with van der Waals surface area (Å²) in [7, 11) is 0. The van der Waals surface area contributed by atoms with Crippen molar-refractivity contribution in [2.24, 2.45) is 5.92 Å². The number of carbonyl (C=O) groups excluding carboxylic acids is 1. The average Bonchev–Trinajstić information content (AvgIpc) is 3.35. The number of piperidine rings is 1. The molecule has 26 heavy (non-hydrogen) atoms. The summed E-state index contributed by atoms with van der Waals surface area (Å²) in [5, 5.41) is 0. The van der Waals surface area contributed by atoms with Gasteiger partial charge < -0.3 is 0 Å². The van der Waals surface area contributed by atoms with E-state index in [1.54, 1.807) is 6.20 Å². The van der Waals surface area contributed by atoms with Crippen LogP contribution in [0.2, 0.25) is 0 Å². The van der Waals surface area contributed by atoms with Gasteiger partial charge in [-0.3, -0.25) is 19.6 Å². The molecule has 2 aromatic rings. The monoisotopic (exact) mass is 369 g/mol. The number of hydrogen-bond acceptors (Lipinski definition) is 5. The van der Waals surface area contributed by atoms with Gasteiger partial charge in [0.05, 0.1) is 0 Å². The minimum absolute atomic E-state index is 0.0858. The molecule has 0 radical (unpaired) electrons. The van der Waals surface area contributed by atoms with Gasteiger partial charge in [-0.25, -0.2) is 0 Å². The maximum absolute atomic E-state index is 12.7. The lowest BCUT2D eigenvalue weighted by atomic mass is 9.92. The van der Waals surface area contributed by atoms with Crippen LogP contribution in [-0.2, 0) is 13.1 Å². The Morgan fingerprint density at radius 2 is 1.73 bits per heavy atom. The highest BCUT2D eigenvalue weighted by molar-refractivity contribution is 7.11. The number of likely N-dealkylation sites (tertiary alicyclic amines) is 2. The van der Waals surface area contributed by atoms with Gasteiger partial charge in [-0.2, -0.15) is 0 Å². The van der Waals surface area contributed by atoms with Gasteiger partial charge in [0, 0.05) is 41.5 Å². The molecule has 4 rings (SSSR count). The van der Waals surface area contributed by atoms with E-state index < -0.39 is 0 Å². The SMILES string of the molecule is O=C(c1ccccn1)[C@H]1CCCN(Cc2ccc(CN3CCCC3)s2)C1. The molecule has 2 aliphatic rings. The van der Waals surface area contributed by atoms with Gasteiger partial charge in [-0.15, -0.1) is 11.3 Å². The number of nitrogens with zero attached hydrogens (tertiary/aromatic N) is 3. The zero-order valence-electron chi connectivity index (χ0n) is 15.3. The molecule has 2 aliphatic heterocycles. The van der Waals surface area contributed by atoms with E-state index in [9.17, 15) is 4.79 Å². The van der Waals surface area contributed by atoms with Gasteiger partial charge in [0.25, 0.3) is 0 Å². The Balaban J connectivity index is 1.33. The third-order valence-electron chi connectivity index (χ3n) is 5.47. The fraction of sp³-hybridized carbons (Fsp3) is 0.524. The second kappa shape index (κ2) is 8.42. The van der Waals surface area contributed by atoms with E-state index >= 15 is 0 Å². The third-order valence-corrected chi connectivity index (χ3v) is 6.52. The minimum atomic E-state index is 0.0858. The molecule has 5 heteroatoms. The van der Waals surface area contributed by atoms with Gasteiger partial charge in [0.15, 0.2) is 5.78 Å². The molecule has 1 atom stereocenters. The molecular weight excluding hydrogens is 342 g/mol. The normalized spacial score (nSPS) is 21.9. The molecule has 2 fully saturated rings. The Labute approximate surface area is 159 Å². The van der Waals surface area contributed by atoms with Crippen molar-refractivity contribution >= 4 is 17.1 Å². The van der Waals surface area contributed by atoms with Gasteiger partial charge in [-0.05, 0) is 69.6 Å². The molecule has 0 aliphatic carbocycles. The average molecular weight is 370 g/mol. The molecule has 138 valence electrons. The summed E-state index contributed by atoms with van der Waals surface area (Å²) < 4.78 is 0. The fourth-order valence-corrected chi connectivity index (χ4v) is 5.21. The largest absolute Gasteiger partial charge is 0.298 e. The highest BCUT2D eigenvalue weighted by Gasteiger charge is 2.27. The lowest BCUT2D eigenvalue weighted by Crippen LogP contribution is -2.38. The van der Waals surface area contributed by atoms with Crippen LogP contribution in [0, 0.1) is 5.92 Å². The number of ketones is 1. The van der Waals surface area contributed by atoms with Gasteiger partial charge in [0.1, 0.15) is 5.69 Å². The summed E-state index contributed by atoms with van der Waals surface area (Å²) in [4.78, 5) is 24.8. The zero-order valence-corrected chi connectivity index (χ0v) is 16.1. The Bertz CT molecular complexity index is 724. The number of rotatable bonds is 6. The molecule has 0 bridgehead atoms. The lowest BCUT2D eigenvalue weighted by Gasteiger charge is -2.31. The van der Waals surface area contributed by atoms with Crippen molar-refractivity contribution in [2.45, 2.75) is 38.8 Å². The van der Waals surface area contributed by atoms with E-state index in [0.29, 0.717) is 5.69 Å². The molecule has 2 aromatic heterocycles. The number of carbonyl (C=O) groups is 1. The van der Waals surface area contributed by atoms with E-state index in [4.69, 9.17) is 0 Å². The maximum atomic E-state index is 12.7. The number of aromatic nitrogens is 1. The predicted octanol–water partition coefficient (Wildman–Crippen LogP) is 3.83. The molecule has 4 nitrogen and oxygen atoms in total. The molecule has 0 amide bonds. The van der Waals surface area contributed by atoms with Gasteiger partial charge >= 0.3 is 0 Å². The van der Waals surface area contributed by atoms with E-state index in [0.717, 1.165) is 39.0 Å². The second-order valence-corrected chi connectivity index (χ2v) is 8.76. The molecular formula is C21H27N3OS. The second-order valence-electron chi connectivity index (χ2n) is 7.50. The van der Waals surface area contributed by atoms with Crippen LogP contribution >= 0.6 is 11.3 Å². The molecule has 0 aromatic carbocycles. The number of hydrogen-bond donors (Lipinski definition) is 0. The van der Waals surface area contributed by atoms with Crippen LogP contribution < -0.4 is 0 Å². The highest BCUT2D eigenvalue weighted by Crippen LogP contribution is 2.25. The van der Waals surface area contributed by atoms with Crippen molar-refractivity contribution in [2.75, 3.05) is 26.2 Å². The van der Waals surface area contributed by atoms with Crippen molar-refractivity contribution in [1.82, 2.24) is 14.8 Å². The summed E-state index contributed by atoms with van der Waals surface area (Å²) in [6.07, 6.45) is 6.47. The summed E-state index contributed by atoms with van der Waals surface area (Å²) in [5.74, 6) is 0.291. The van der Waals surface area contributed by atoms with Crippen molar-refractivity contribution in [3.63, 3.8) is 0 Å². The Morgan fingerprint density at radius 1 is 1.00 bits per heavy atom. The molecule has 0 unspecified atom stereocenters. The van der Waals surface area contributed by atoms with Crippen LogP contribution in [-0.4, -0.2) is 46.7 Å². The van der Waals surface area contributed by atoms with Gasteiger partial charge in [0.2, 0.25) is 0 Å². The highest BCUT2D eigenvalue weighted by atomic mass is 32.1. The number of pyridine rings is 1. The first kappa shape index (κ1) is 17.8.